The smallest absolute Gasteiger partial charge is 0.263 e. The number of carbonyl (C=O) groups excluding carboxylic acids is 1. The van der Waals surface area contributed by atoms with Crippen molar-refractivity contribution in [1.29, 1.82) is 5.26 Å². The average Bonchev–Trinajstić information content (AvgIpc) is 2.46. The van der Waals surface area contributed by atoms with E-state index < -0.39 is 6.10 Å². The maximum atomic E-state index is 12.4. The van der Waals surface area contributed by atoms with E-state index in [0.29, 0.717) is 24.4 Å². The molecule has 0 spiro atoms. The number of rotatable bonds is 3. The number of carbonyl (C=O) groups is 1. The van der Waals surface area contributed by atoms with Crippen molar-refractivity contribution < 1.29 is 14.3 Å². The van der Waals surface area contributed by atoms with Crippen LogP contribution in [0, 0.1) is 11.3 Å². The van der Waals surface area contributed by atoms with Gasteiger partial charge in [-0.05, 0) is 45.0 Å². The van der Waals surface area contributed by atoms with E-state index in [1.165, 1.54) is 0 Å². The molecule has 3 atom stereocenters. The molecule has 1 aliphatic rings. The Morgan fingerprint density at radius 1 is 1.33 bits per heavy atom. The first-order chi connectivity index (χ1) is 9.99. The van der Waals surface area contributed by atoms with Crippen LogP contribution in [0.5, 0.6) is 5.75 Å². The summed E-state index contributed by atoms with van der Waals surface area (Å²) in [4.78, 5) is 14.2. The van der Waals surface area contributed by atoms with Crippen molar-refractivity contribution in [2.45, 2.75) is 39.1 Å². The highest BCUT2D eigenvalue weighted by Gasteiger charge is 2.29. The molecule has 5 heteroatoms. The van der Waals surface area contributed by atoms with Crippen LogP contribution >= 0.6 is 0 Å². The molecule has 0 radical (unpaired) electrons. The number of hydrogen-bond donors (Lipinski definition) is 0. The van der Waals surface area contributed by atoms with Crippen LogP contribution in [-0.2, 0) is 9.53 Å². The maximum absolute atomic E-state index is 12.4. The summed E-state index contributed by atoms with van der Waals surface area (Å²) in [5, 5.41) is 8.75. The van der Waals surface area contributed by atoms with Gasteiger partial charge in [0, 0.05) is 13.1 Å². The van der Waals surface area contributed by atoms with Gasteiger partial charge in [-0.3, -0.25) is 4.79 Å². The predicted molar refractivity (Wildman–Crippen MR) is 77.8 cm³/mol. The molecular weight excluding hydrogens is 268 g/mol. The predicted octanol–water partition coefficient (Wildman–Crippen LogP) is 1.96. The first-order valence-electron chi connectivity index (χ1n) is 7.10. The number of morpholine rings is 1. The topological polar surface area (TPSA) is 62.6 Å². The molecule has 3 unspecified atom stereocenters. The minimum absolute atomic E-state index is 0.0404. The fraction of sp³-hybridized carbons (Fsp3) is 0.500. The largest absolute Gasteiger partial charge is 0.481 e. The lowest BCUT2D eigenvalue weighted by Crippen LogP contribution is -2.51. The van der Waals surface area contributed by atoms with E-state index in [0.717, 1.165) is 0 Å². The Kier molecular flexibility index (Phi) is 4.81. The summed E-state index contributed by atoms with van der Waals surface area (Å²) in [6.07, 6.45) is -0.477. The second kappa shape index (κ2) is 6.59. The summed E-state index contributed by atoms with van der Waals surface area (Å²) in [5.41, 5.74) is 0.567. The Morgan fingerprint density at radius 2 is 1.90 bits per heavy atom. The van der Waals surface area contributed by atoms with Crippen molar-refractivity contribution in [3.63, 3.8) is 0 Å². The van der Waals surface area contributed by atoms with E-state index in [-0.39, 0.29) is 18.1 Å². The Balaban J connectivity index is 1.97. The molecule has 112 valence electrons. The van der Waals surface area contributed by atoms with Crippen LogP contribution < -0.4 is 4.74 Å². The molecule has 1 fully saturated rings. The number of ether oxygens (including phenoxy) is 2. The van der Waals surface area contributed by atoms with Crippen molar-refractivity contribution in [3.8, 4) is 11.8 Å². The Labute approximate surface area is 125 Å². The number of benzene rings is 1. The Morgan fingerprint density at radius 3 is 2.43 bits per heavy atom. The third kappa shape index (κ3) is 3.96. The molecule has 0 N–H and O–H groups in total. The molecule has 21 heavy (non-hydrogen) atoms. The molecule has 0 aliphatic carbocycles. The van der Waals surface area contributed by atoms with Crippen LogP contribution in [0.2, 0.25) is 0 Å². The highest BCUT2D eigenvalue weighted by atomic mass is 16.5. The van der Waals surface area contributed by atoms with Crippen molar-refractivity contribution >= 4 is 5.91 Å². The second-order valence-electron chi connectivity index (χ2n) is 5.40. The molecule has 1 aromatic carbocycles. The van der Waals surface area contributed by atoms with Crippen molar-refractivity contribution in [2.75, 3.05) is 13.1 Å². The van der Waals surface area contributed by atoms with Crippen LogP contribution in [0.15, 0.2) is 24.3 Å². The molecule has 5 nitrogen and oxygen atoms in total. The summed E-state index contributed by atoms with van der Waals surface area (Å²) in [6.45, 7) is 6.84. The van der Waals surface area contributed by atoms with E-state index in [1.807, 2.05) is 19.9 Å². The zero-order valence-electron chi connectivity index (χ0n) is 12.6. The second-order valence-corrected chi connectivity index (χ2v) is 5.40. The summed E-state index contributed by atoms with van der Waals surface area (Å²) in [5.74, 6) is 0.547. The molecule has 2 rings (SSSR count). The molecule has 1 aromatic rings. The summed E-state index contributed by atoms with van der Waals surface area (Å²) in [6, 6.07) is 8.79. The zero-order chi connectivity index (χ0) is 15.4. The number of hydrogen-bond acceptors (Lipinski definition) is 4. The van der Waals surface area contributed by atoms with Gasteiger partial charge in [-0.1, -0.05) is 0 Å². The van der Waals surface area contributed by atoms with Gasteiger partial charge in [-0.25, -0.2) is 0 Å². The standard InChI is InChI=1S/C16H20N2O3/c1-11-9-18(10-12(2)20-11)16(19)13(3)21-15-6-4-14(8-17)5-7-15/h4-7,11-13H,9-10H2,1-3H3. The molecule has 0 bridgehead atoms. The van der Waals surface area contributed by atoms with Gasteiger partial charge in [0.2, 0.25) is 0 Å². The van der Waals surface area contributed by atoms with E-state index >= 15 is 0 Å². The fourth-order valence-corrected chi connectivity index (χ4v) is 2.48. The van der Waals surface area contributed by atoms with Crippen molar-refractivity contribution in [3.05, 3.63) is 29.8 Å². The van der Waals surface area contributed by atoms with Gasteiger partial charge in [0.15, 0.2) is 6.10 Å². The molecule has 1 amide bonds. The third-order valence-electron chi connectivity index (χ3n) is 3.38. The van der Waals surface area contributed by atoms with Crippen LogP contribution in [0.4, 0.5) is 0 Å². The lowest BCUT2D eigenvalue weighted by molar-refractivity contribution is -0.149. The quantitative estimate of drug-likeness (QED) is 0.853. The molecule has 1 aliphatic heterocycles. The molecule has 1 saturated heterocycles. The normalized spacial score (nSPS) is 23.2. The van der Waals surface area contributed by atoms with E-state index in [2.05, 4.69) is 0 Å². The van der Waals surface area contributed by atoms with Crippen LogP contribution in [-0.4, -0.2) is 42.2 Å². The van der Waals surface area contributed by atoms with Gasteiger partial charge in [0.25, 0.3) is 5.91 Å². The van der Waals surface area contributed by atoms with Crippen LogP contribution in [0.25, 0.3) is 0 Å². The lowest BCUT2D eigenvalue weighted by Gasteiger charge is -2.36. The third-order valence-corrected chi connectivity index (χ3v) is 3.38. The number of nitriles is 1. The Hall–Kier alpha value is -2.06. The van der Waals surface area contributed by atoms with Gasteiger partial charge in [0.05, 0.1) is 23.8 Å². The first kappa shape index (κ1) is 15.3. The molecule has 1 heterocycles. The summed E-state index contributed by atoms with van der Waals surface area (Å²) in [7, 11) is 0. The van der Waals surface area contributed by atoms with Gasteiger partial charge in [-0.15, -0.1) is 0 Å². The highest BCUT2D eigenvalue weighted by molar-refractivity contribution is 5.81. The zero-order valence-corrected chi connectivity index (χ0v) is 12.6. The SMILES string of the molecule is CC1CN(C(=O)C(C)Oc2ccc(C#N)cc2)CC(C)O1. The monoisotopic (exact) mass is 288 g/mol. The van der Waals surface area contributed by atoms with Crippen LogP contribution in [0.1, 0.15) is 26.3 Å². The number of amides is 1. The fourth-order valence-electron chi connectivity index (χ4n) is 2.48. The average molecular weight is 288 g/mol. The van der Waals surface area contributed by atoms with Crippen LogP contribution in [0.3, 0.4) is 0 Å². The highest BCUT2D eigenvalue weighted by Crippen LogP contribution is 2.16. The minimum atomic E-state index is -0.560. The molecule has 0 aromatic heterocycles. The first-order valence-corrected chi connectivity index (χ1v) is 7.10. The Bertz CT molecular complexity index is 525. The lowest BCUT2D eigenvalue weighted by atomic mass is 10.2. The van der Waals surface area contributed by atoms with E-state index in [9.17, 15) is 4.79 Å². The molecular formula is C16H20N2O3. The maximum Gasteiger partial charge on any atom is 0.263 e. The molecule has 0 saturated carbocycles. The summed E-state index contributed by atoms with van der Waals surface area (Å²) < 4.78 is 11.3. The van der Waals surface area contributed by atoms with Gasteiger partial charge in [0.1, 0.15) is 5.75 Å². The number of nitrogens with zero attached hydrogens (tertiary/aromatic N) is 2. The van der Waals surface area contributed by atoms with E-state index in [1.54, 1.807) is 36.1 Å². The van der Waals surface area contributed by atoms with Gasteiger partial charge >= 0.3 is 0 Å². The van der Waals surface area contributed by atoms with Gasteiger partial charge in [-0.2, -0.15) is 5.26 Å². The van der Waals surface area contributed by atoms with E-state index in [4.69, 9.17) is 14.7 Å². The van der Waals surface area contributed by atoms with Gasteiger partial charge < -0.3 is 14.4 Å². The van der Waals surface area contributed by atoms with Crippen molar-refractivity contribution in [2.24, 2.45) is 0 Å². The summed E-state index contributed by atoms with van der Waals surface area (Å²) >= 11 is 0. The minimum Gasteiger partial charge on any atom is -0.481 e. The van der Waals surface area contributed by atoms with Crippen molar-refractivity contribution in [1.82, 2.24) is 4.90 Å².